The lowest BCUT2D eigenvalue weighted by atomic mass is 9.91. The molecule has 1 unspecified atom stereocenters. The fraction of sp³-hybridized carbons (Fsp3) is 0.600. The van der Waals surface area contributed by atoms with Crippen LogP contribution in [0.2, 0.25) is 0 Å². The van der Waals surface area contributed by atoms with Gasteiger partial charge in [-0.25, -0.2) is 4.98 Å². The van der Waals surface area contributed by atoms with Crippen LogP contribution in [0.3, 0.4) is 0 Å². The number of hydrogen-bond donors (Lipinski definition) is 2. The molecule has 0 saturated carbocycles. The maximum Gasteiger partial charge on any atom is 0.323 e. The van der Waals surface area contributed by atoms with Crippen molar-refractivity contribution in [3.63, 3.8) is 0 Å². The second-order valence-electron chi connectivity index (χ2n) is 8.92. The maximum absolute atomic E-state index is 12.3. The summed E-state index contributed by atoms with van der Waals surface area (Å²) < 4.78 is 7.19. The van der Waals surface area contributed by atoms with Crippen LogP contribution in [0.4, 0.5) is 5.82 Å². The van der Waals surface area contributed by atoms with Crippen molar-refractivity contribution in [3.8, 4) is 0 Å². The lowest BCUT2D eigenvalue weighted by Crippen LogP contribution is -2.46. The van der Waals surface area contributed by atoms with Crippen LogP contribution < -0.4 is 11.1 Å². The Labute approximate surface area is 170 Å². The summed E-state index contributed by atoms with van der Waals surface area (Å²) >= 11 is 0. The van der Waals surface area contributed by atoms with Crippen LogP contribution in [0.5, 0.6) is 0 Å². The summed E-state index contributed by atoms with van der Waals surface area (Å²) in [6.07, 6.45) is 5.31. The lowest BCUT2D eigenvalue weighted by molar-refractivity contribution is -0.158. The molecular weight excluding hydrogens is 370 g/mol. The van der Waals surface area contributed by atoms with Gasteiger partial charge in [0.1, 0.15) is 17.5 Å². The largest absolute Gasteiger partial charge is 0.459 e. The first-order valence-corrected chi connectivity index (χ1v) is 10.1. The van der Waals surface area contributed by atoms with E-state index in [2.05, 4.69) is 15.5 Å². The lowest BCUT2D eigenvalue weighted by Gasteiger charge is -2.30. The normalized spacial score (nSPS) is 25.0. The number of anilines is 1. The molecule has 9 heteroatoms. The molecule has 3 N–H and O–H groups in total. The van der Waals surface area contributed by atoms with Gasteiger partial charge in [0.15, 0.2) is 5.65 Å². The summed E-state index contributed by atoms with van der Waals surface area (Å²) in [6, 6.07) is 1.61. The van der Waals surface area contributed by atoms with E-state index in [1.54, 1.807) is 4.52 Å². The number of piperidine rings is 1. The topological polar surface area (TPSA) is 110 Å². The highest BCUT2D eigenvalue weighted by atomic mass is 16.6. The minimum absolute atomic E-state index is 0.153. The van der Waals surface area contributed by atoms with Crippen LogP contribution >= 0.6 is 0 Å². The Morgan fingerprint density at radius 2 is 2.14 bits per heavy atom. The van der Waals surface area contributed by atoms with Crippen LogP contribution in [0.1, 0.15) is 56.7 Å². The molecule has 29 heavy (non-hydrogen) atoms. The molecule has 0 radical (unpaired) electrons. The summed E-state index contributed by atoms with van der Waals surface area (Å²) in [5, 5.41) is 14.0. The number of fused-ring (bicyclic) bond motifs is 1. The number of likely N-dealkylation sites (N-methyl/N-ethyl adjacent to an activating group) is 1. The number of rotatable bonds is 3. The second kappa shape index (κ2) is 7.29. The summed E-state index contributed by atoms with van der Waals surface area (Å²) in [5.41, 5.74) is 8.52. The molecule has 0 aliphatic carbocycles. The second-order valence-corrected chi connectivity index (χ2v) is 8.92. The number of aromatic nitrogens is 3. The van der Waals surface area contributed by atoms with Crippen LogP contribution in [0.25, 0.3) is 5.65 Å². The molecule has 3 atom stereocenters. The number of nitrogens with two attached hydrogens (primary N) is 1. The number of hydrogen-bond acceptors (Lipinski definition) is 8. The Morgan fingerprint density at radius 1 is 1.34 bits per heavy atom. The Kier molecular flexibility index (Phi) is 4.94. The van der Waals surface area contributed by atoms with Crippen molar-refractivity contribution < 1.29 is 9.53 Å². The monoisotopic (exact) mass is 399 g/mol. The van der Waals surface area contributed by atoms with Crippen LogP contribution in [-0.2, 0) is 9.53 Å². The molecule has 0 bridgehead atoms. The first-order chi connectivity index (χ1) is 13.7. The van der Waals surface area contributed by atoms with Gasteiger partial charge in [-0.1, -0.05) is 0 Å². The molecule has 1 fully saturated rings. The van der Waals surface area contributed by atoms with Crippen LogP contribution in [-0.4, -0.2) is 63.6 Å². The first-order valence-electron chi connectivity index (χ1n) is 10.1. The molecule has 2 aliphatic heterocycles. The van der Waals surface area contributed by atoms with E-state index in [1.165, 1.54) is 0 Å². The molecule has 2 aromatic heterocycles. The number of hydrazone groups is 1. The quantitative estimate of drug-likeness (QED) is 0.753. The van der Waals surface area contributed by atoms with Crippen molar-refractivity contribution in [2.75, 3.05) is 25.9 Å². The van der Waals surface area contributed by atoms with Gasteiger partial charge >= 0.3 is 5.97 Å². The summed E-state index contributed by atoms with van der Waals surface area (Å²) in [4.78, 5) is 17.2. The third kappa shape index (κ3) is 4.05. The third-order valence-corrected chi connectivity index (χ3v) is 5.37. The van der Waals surface area contributed by atoms with E-state index < -0.39 is 5.60 Å². The van der Waals surface area contributed by atoms with Gasteiger partial charge in [0.05, 0.1) is 11.9 Å². The van der Waals surface area contributed by atoms with Gasteiger partial charge < -0.3 is 15.8 Å². The van der Waals surface area contributed by atoms with E-state index in [1.807, 2.05) is 51.3 Å². The van der Waals surface area contributed by atoms with Crippen molar-refractivity contribution in [1.82, 2.24) is 24.9 Å². The van der Waals surface area contributed by atoms with Gasteiger partial charge in [0.2, 0.25) is 0 Å². The molecule has 156 valence electrons. The smallest absolute Gasteiger partial charge is 0.323 e. The Bertz CT molecular complexity index is 938. The van der Waals surface area contributed by atoms with E-state index in [0.29, 0.717) is 18.8 Å². The van der Waals surface area contributed by atoms with Crippen molar-refractivity contribution in [2.24, 2.45) is 5.10 Å². The van der Waals surface area contributed by atoms with Gasteiger partial charge in [-0.05, 0) is 33.6 Å². The fourth-order valence-corrected chi connectivity index (χ4v) is 3.93. The molecule has 2 aliphatic rings. The van der Waals surface area contributed by atoms with Crippen molar-refractivity contribution >= 4 is 23.6 Å². The highest BCUT2D eigenvalue weighted by molar-refractivity contribution is 5.76. The Balaban J connectivity index is 1.52. The van der Waals surface area contributed by atoms with Gasteiger partial charge in [-0.3, -0.25) is 9.80 Å². The van der Waals surface area contributed by atoms with Crippen LogP contribution in [0.15, 0.2) is 17.4 Å². The molecule has 0 spiro atoms. The number of nitrogens with one attached hydrogen (secondary N) is 1. The number of nitrogens with zero attached hydrogens (tertiary/aromatic N) is 5. The first kappa shape index (κ1) is 19.6. The highest BCUT2D eigenvalue weighted by Gasteiger charge is 2.31. The van der Waals surface area contributed by atoms with E-state index in [-0.39, 0.29) is 23.8 Å². The SMILES string of the molecule is CN1CC(c2cnn3c(N)cc([C@H]4CC[C@@H](C(=O)OC(C)(C)C)NC4)nc23)C=N1. The van der Waals surface area contributed by atoms with E-state index in [0.717, 1.165) is 29.9 Å². The Hall–Kier alpha value is -2.68. The van der Waals surface area contributed by atoms with Gasteiger partial charge in [0.25, 0.3) is 0 Å². The predicted molar refractivity (Wildman–Crippen MR) is 111 cm³/mol. The van der Waals surface area contributed by atoms with Crippen LogP contribution in [0, 0.1) is 0 Å². The zero-order valence-electron chi connectivity index (χ0n) is 17.4. The fourth-order valence-electron chi connectivity index (χ4n) is 3.93. The Morgan fingerprint density at radius 3 is 2.76 bits per heavy atom. The number of carbonyl (C=O) groups is 1. The number of esters is 1. The molecule has 4 heterocycles. The minimum Gasteiger partial charge on any atom is -0.459 e. The molecule has 2 aromatic rings. The molecule has 0 amide bonds. The van der Waals surface area contributed by atoms with Crippen molar-refractivity contribution in [3.05, 3.63) is 23.5 Å². The summed E-state index contributed by atoms with van der Waals surface area (Å²) in [7, 11) is 1.95. The average molecular weight is 399 g/mol. The highest BCUT2D eigenvalue weighted by Crippen LogP contribution is 2.29. The molecule has 0 aromatic carbocycles. The van der Waals surface area contributed by atoms with Crippen molar-refractivity contribution in [1.29, 1.82) is 0 Å². The number of ether oxygens (including phenoxy) is 1. The molecular formula is C20H29N7O2. The van der Waals surface area contributed by atoms with Gasteiger partial charge in [-0.2, -0.15) is 14.7 Å². The zero-order chi connectivity index (χ0) is 20.8. The van der Waals surface area contributed by atoms with E-state index in [4.69, 9.17) is 15.5 Å². The van der Waals surface area contributed by atoms with Gasteiger partial charge in [-0.15, -0.1) is 0 Å². The van der Waals surface area contributed by atoms with E-state index >= 15 is 0 Å². The minimum atomic E-state index is -0.479. The predicted octanol–water partition coefficient (Wildman–Crippen LogP) is 1.50. The molecule has 9 nitrogen and oxygen atoms in total. The van der Waals surface area contributed by atoms with E-state index in [9.17, 15) is 4.79 Å². The van der Waals surface area contributed by atoms with Gasteiger partial charge in [0, 0.05) is 49.8 Å². The number of carbonyl (C=O) groups excluding carboxylic acids is 1. The molecule has 1 saturated heterocycles. The van der Waals surface area contributed by atoms with Crippen molar-refractivity contribution in [2.45, 2.75) is 57.1 Å². The third-order valence-electron chi connectivity index (χ3n) is 5.37. The molecule has 4 rings (SSSR count). The number of nitrogen functional groups attached to an aromatic ring is 1. The standard InChI is InChI=1S/C20H29N7O2/c1-20(2,3)29-19(28)15-6-5-12(8-22-15)16-7-17(21)27-18(25-16)14(10-24-27)13-9-23-26(4)11-13/h7,9-10,12-13,15,22H,5-6,8,11,21H2,1-4H3/t12-,13?,15-/m0/s1. The average Bonchev–Trinajstić information content (AvgIpc) is 3.26. The zero-order valence-corrected chi connectivity index (χ0v) is 17.4. The summed E-state index contributed by atoms with van der Waals surface area (Å²) in [5.74, 6) is 0.708. The summed E-state index contributed by atoms with van der Waals surface area (Å²) in [6.45, 7) is 7.11. The maximum atomic E-state index is 12.3.